The summed E-state index contributed by atoms with van der Waals surface area (Å²) in [5.74, 6) is 2.11. The minimum atomic E-state index is 0.331. The second kappa shape index (κ2) is 4.57. The van der Waals surface area contributed by atoms with Gasteiger partial charge in [0.15, 0.2) is 0 Å². The number of rotatable bonds is 1. The predicted octanol–water partition coefficient (Wildman–Crippen LogP) is 3.66. The zero-order valence-electron chi connectivity index (χ0n) is 7.02. The van der Waals surface area contributed by atoms with Crippen molar-refractivity contribution in [2.24, 2.45) is 11.8 Å². The third kappa shape index (κ3) is 2.83. The van der Waals surface area contributed by atoms with Crippen molar-refractivity contribution < 1.29 is 0 Å². The minimum Gasteiger partial charge on any atom is -0.126 e. The first-order valence-electron chi connectivity index (χ1n) is 4.44. The van der Waals surface area contributed by atoms with Gasteiger partial charge in [-0.2, -0.15) is 0 Å². The fraction of sp³-hybridized carbons (Fsp3) is 1.00. The molecule has 0 heterocycles. The number of halogens is 2. The molecule has 1 aliphatic rings. The van der Waals surface area contributed by atoms with E-state index in [4.69, 9.17) is 23.2 Å². The van der Waals surface area contributed by atoms with E-state index in [9.17, 15) is 0 Å². The molecule has 1 saturated carbocycles. The van der Waals surface area contributed by atoms with Crippen LogP contribution in [0.4, 0.5) is 0 Å². The van der Waals surface area contributed by atoms with Crippen molar-refractivity contribution in [3.05, 3.63) is 0 Å². The number of hydrogen-bond acceptors (Lipinski definition) is 0. The van der Waals surface area contributed by atoms with E-state index in [2.05, 4.69) is 6.92 Å². The summed E-state index contributed by atoms with van der Waals surface area (Å²) in [7, 11) is 0. The molecule has 0 bridgehead atoms. The monoisotopic (exact) mass is 194 g/mol. The second-order valence-corrected chi connectivity index (χ2v) is 4.57. The molecular weight excluding hydrogens is 179 g/mol. The summed E-state index contributed by atoms with van der Waals surface area (Å²) in [6.07, 6.45) is 4.99. The van der Waals surface area contributed by atoms with Crippen molar-refractivity contribution in [3.63, 3.8) is 0 Å². The van der Waals surface area contributed by atoms with Gasteiger partial charge in [-0.3, -0.25) is 0 Å². The molecule has 0 N–H and O–H groups in total. The first-order valence-corrected chi connectivity index (χ1v) is 5.41. The molecule has 0 aliphatic heterocycles. The predicted molar refractivity (Wildman–Crippen MR) is 51.5 cm³/mol. The Kier molecular flexibility index (Phi) is 4.01. The van der Waals surface area contributed by atoms with Gasteiger partial charge in [-0.1, -0.05) is 19.8 Å². The van der Waals surface area contributed by atoms with Crippen LogP contribution in [0.5, 0.6) is 0 Å². The molecule has 11 heavy (non-hydrogen) atoms. The smallest absolute Gasteiger partial charge is 0.0375 e. The van der Waals surface area contributed by atoms with Crippen LogP contribution in [0.2, 0.25) is 0 Å². The fourth-order valence-corrected chi connectivity index (χ4v) is 2.62. The molecule has 3 atom stereocenters. The Morgan fingerprint density at radius 3 is 2.73 bits per heavy atom. The highest BCUT2D eigenvalue weighted by molar-refractivity contribution is 6.22. The topological polar surface area (TPSA) is 0 Å². The van der Waals surface area contributed by atoms with Gasteiger partial charge in [-0.05, 0) is 24.7 Å². The van der Waals surface area contributed by atoms with E-state index >= 15 is 0 Å². The molecule has 1 rings (SSSR count). The Hall–Kier alpha value is 0.580. The van der Waals surface area contributed by atoms with Crippen LogP contribution in [0, 0.1) is 11.8 Å². The third-order valence-corrected chi connectivity index (χ3v) is 3.56. The van der Waals surface area contributed by atoms with Crippen molar-refractivity contribution in [3.8, 4) is 0 Å². The van der Waals surface area contributed by atoms with E-state index in [-0.39, 0.29) is 0 Å². The van der Waals surface area contributed by atoms with Gasteiger partial charge in [-0.15, -0.1) is 23.2 Å². The van der Waals surface area contributed by atoms with Crippen LogP contribution in [0.3, 0.4) is 0 Å². The Morgan fingerprint density at radius 1 is 1.36 bits per heavy atom. The van der Waals surface area contributed by atoms with Gasteiger partial charge in [0.25, 0.3) is 0 Å². The van der Waals surface area contributed by atoms with Crippen LogP contribution in [0.15, 0.2) is 0 Å². The van der Waals surface area contributed by atoms with Crippen LogP contribution in [0.25, 0.3) is 0 Å². The van der Waals surface area contributed by atoms with Gasteiger partial charge < -0.3 is 0 Å². The third-order valence-electron chi connectivity index (χ3n) is 2.59. The lowest BCUT2D eigenvalue weighted by atomic mass is 9.96. The quantitative estimate of drug-likeness (QED) is 0.442. The van der Waals surface area contributed by atoms with Gasteiger partial charge >= 0.3 is 0 Å². The summed E-state index contributed by atoms with van der Waals surface area (Å²) in [4.78, 5) is 0. The molecule has 0 saturated heterocycles. The van der Waals surface area contributed by atoms with E-state index in [0.29, 0.717) is 11.3 Å². The first-order chi connectivity index (χ1) is 5.24. The van der Waals surface area contributed by atoms with E-state index in [1.165, 1.54) is 19.3 Å². The summed E-state index contributed by atoms with van der Waals surface area (Å²) in [6.45, 7) is 2.30. The first kappa shape index (κ1) is 9.67. The van der Waals surface area contributed by atoms with Crippen molar-refractivity contribution in [1.29, 1.82) is 0 Å². The SMILES string of the molecule is C[C@@H]1CCC[C@H](Cl)[C@H](CCl)C1. The highest BCUT2D eigenvalue weighted by Gasteiger charge is 2.23. The fourth-order valence-electron chi connectivity index (χ4n) is 1.84. The maximum Gasteiger partial charge on any atom is 0.0375 e. The standard InChI is InChI=1S/C9H16Cl2/c1-7-3-2-4-9(11)8(5-7)6-10/h7-9H,2-6H2,1H3/t7-,8+,9+/m1/s1. The zero-order valence-corrected chi connectivity index (χ0v) is 8.54. The average Bonchev–Trinajstić information content (AvgIpc) is 2.13. The maximum atomic E-state index is 6.17. The molecule has 0 amide bonds. The van der Waals surface area contributed by atoms with Gasteiger partial charge in [0.2, 0.25) is 0 Å². The maximum absolute atomic E-state index is 6.17. The van der Waals surface area contributed by atoms with Crippen molar-refractivity contribution >= 4 is 23.2 Å². The Bertz CT molecular complexity index is 114. The van der Waals surface area contributed by atoms with Crippen molar-refractivity contribution in [1.82, 2.24) is 0 Å². The molecule has 1 aliphatic carbocycles. The van der Waals surface area contributed by atoms with Crippen molar-refractivity contribution in [2.45, 2.75) is 38.0 Å². The summed E-state index contributed by atoms with van der Waals surface area (Å²) < 4.78 is 0. The summed E-state index contributed by atoms with van der Waals surface area (Å²) in [5.41, 5.74) is 0. The number of alkyl halides is 2. The van der Waals surface area contributed by atoms with Gasteiger partial charge in [0.1, 0.15) is 0 Å². The normalized spacial score (nSPS) is 40.1. The lowest BCUT2D eigenvalue weighted by molar-refractivity contribution is 0.430. The van der Waals surface area contributed by atoms with Gasteiger partial charge in [0.05, 0.1) is 0 Å². The Morgan fingerprint density at radius 2 is 2.09 bits per heavy atom. The molecule has 66 valence electrons. The van der Waals surface area contributed by atoms with E-state index in [0.717, 1.165) is 18.2 Å². The highest BCUT2D eigenvalue weighted by Crippen LogP contribution is 2.31. The molecule has 0 aromatic heterocycles. The van der Waals surface area contributed by atoms with E-state index in [1.807, 2.05) is 0 Å². The van der Waals surface area contributed by atoms with Crippen LogP contribution in [-0.4, -0.2) is 11.3 Å². The zero-order chi connectivity index (χ0) is 8.27. The van der Waals surface area contributed by atoms with E-state index in [1.54, 1.807) is 0 Å². The molecule has 1 fully saturated rings. The van der Waals surface area contributed by atoms with Crippen molar-refractivity contribution in [2.75, 3.05) is 5.88 Å². The largest absolute Gasteiger partial charge is 0.126 e. The van der Waals surface area contributed by atoms with Crippen LogP contribution in [-0.2, 0) is 0 Å². The Balaban J connectivity index is 2.45. The number of hydrogen-bond donors (Lipinski definition) is 0. The average molecular weight is 195 g/mol. The highest BCUT2D eigenvalue weighted by atomic mass is 35.5. The van der Waals surface area contributed by atoms with E-state index < -0.39 is 0 Å². The molecular formula is C9H16Cl2. The molecule has 0 spiro atoms. The lowest BCUT2D eigenvalue weighted by Gasteiger charge is -2.17. The summed E-state index contributed by atoms with van der Waals surface area (Å²) >= 11 is 12.0. The molecule has 2 heteroatoms. The molecule has 0 nitrogen and oxygen atoms in total. The molecule has 0 aromatic rings. The van der Waals surface area contributed by atoms with Crippen LogP contribution >= 0.6 is 23.2 Å². The van der Waals surface area contributed by atoms with Crippen LogP contribution < -0.4 is 0 Å². The summed E-state index contributed by atoms with van der Waals surface area (Å²) in [5, 5.41) is 0.331. The Labute approximate surface area is 79.3 Å². The summed E-state index contributed by atoms with van der Waals surface area (Å²) in [6, 6.07) is 0. The lowest BCUT2D eigenvalue weighted by Crippen LogP contribution is -2.16. The van der Waals surface area contributed by atoms with Gasteiger partial charge in [-0.25, -0.2) is 0 Å². The molecule has 0 radical (unpaired) electrons. The van der Waals surface area contributed by atoms with Crippen LogP contribution in [0.1, 0.15) is 32.6 Å². The second-order valence-electron chi connectivity index (χ2n) is 3.70. The minimum absolute atomic E-state index is 0.331. The molecule has 0 unspecified atom stereocenters. The molecule has 0 aromatic carbocycles. The van der Waals surface area contributed by atoms with Gasteiger partial charge in [0, 0.05) is 11.3 Å².